The second-order valence-corrected chi connectivity index (χ2v) is 7.71. The van der Waals surface area contributed by atoms with Crippen molar-refractivity contribution < 1.29 is 26.1 Å². The first-order valence-electron chi connectivity index (χ1n) is 7.69. The minimum absolute atomic E-state index is 0.187. The van der Waals surface area contributed by atoms with E-state index in [9.17, 15) is 21.6 Å². The minimum Gasteiger partial charge on any atom is -0.340 e. The van der Waals surface area contributed by atoms with E-state index in [0.717, 1.165) is 30.7 Å². The molecule has 10 heteroatoms. The van der Waals surface area contributed by atoms with Gasteiger partial charge < -0.3 is 4.52 Å². The Kier molecular flexibility index (Phi) is 4.58. The molecule has 0 N–H and O–H groups in total. The summed E-state index contributed by atoms with van der Waals surface area (Å²) in [5, 5.41) is 3.80. The van der Waals surface area contributed by atoms with Gasteiger partial charge in [0.25, 0.3) is 0 Å². The van der Waals surface area contributed by atoms with Gasteiger partial charge in [-0.25, -0.2) is 8.42 Å². The maximum absolute atomic E-state index is 12.9. The molecular weight excluding hydrogens is 359 g/mol. The Morgan fingerprint density at radius 1 is 1.20 bits per heavy atom. The van der Waals surface area contributed by atoms with Crippen LogP contribution in [-0.2, 0) is 16.2 Å². The SMILES string of the molecule is Cc1nc(C2CCCCN2S(=O)(=O)c2ccc(C(F)(F)F)cc2)no1. The first kappa shape index (κ1) is 17.9. The van der Waals surface area contributed by atoms with Gasteiger partial charge >= 0.3 is 6.18 Å². The van der Waals surface area contributed by atoms with Crippen molar-refractivity contribution in [3.8, 4) is 0 Å². The molecule has 0 saturated carbocycles. The molecule has 0 bridgehead atoms. The number of halogens is 3. The van der Waals surface area contributed by atoms with Gasteiger partial charge in [0.15, 0.2) is 5.82 Å². The van der Waals surface area contributed by atoms with E-state index in [-0.39, 0.29) is 17.3 Å². The van der Waals surface area contributed by atoms with Crippen molar-refractivity contribution in [3.05, 3.63) is 41.5 Å². The molecule has 1 aromatic heterocycles. The van der Waals surface area contributed by atoms with E-state index in [1.807, 2.05) is 0 Å². The topological polar surface area (TPSA) is 76.3 Å². The second kappa shape index (κ2) is 6.41. The van der Waals surface area contributed by atoms with E-state index < -0.39 is 27.8 Å². The Morgan fingerprint density at radius 2 is 1.88 bits per heavy atom. The summed E-state index contributed by atoms with van der Waals surface area (Å²) in [6.07, 6.45) is -2.53. The zero-order valence-corrected chi connectivity index (χ0v) is 14.1. The smallest absolute Gasteiger partial charge is 0.340 e. The average molecular weight is 375 g/mol. The number of hydrogen-bond acceptors (Lipinski definition) is 5. The zero-order chi connectivity index (χ0) is 18.2. The summed E-state index contributed by atoms with van der Waals surface area (Å²) in [6.45, 7) is 1.86. The van der Waals surface area contributed by atoms with Crippen molar-refractivity contribution in [1.29, 1.82) is 0 Å². The molecule has 1 aliphatic rings. The van der Waals surface area contributed by atoms with Gasteiger partial charge in [-0.1, -0.05) is 11.6 Å². The lowest BCUT2D eigenvalue weighted by atomic mass is 10.0. The largest absolute Gasteiger partial charge is 0.416 e. The lowest BCUT2D eigenvalue weighted by Crippen LogP contribution is -2.39. The summed E-state index contributed by atoms with van der Waals surface area (Å²) in [7, 11) is -3.97. The fraction of sp³-hybridized carbons (Fsp3) is 0.467. The van der Waals surface area contributed by atoms with Crippen LogP contribution in [0.25, 0.3) is 0 Å². The fourth-order valence-corrected chi connectivity index (χ4v) is 4.51. The summed E-state index contributed by atoms with van der Waals surface area (Å²) >= 11 is 0. The van der Waals surface area contributed by atoms with Crippen molar-refractivity contribution in [2.75, 3.05) is 6.54 Å². The maximum Gasteiger partial charge on any atom is 0.416 e. The summed E-state index contributed by atoms with van der Waals surface area (Å²) in [5.41, 5.74) is -0.893. The highest BCUT2D eigenvalue weighted by atomic mass is 32.2. The molecule has 1 unspecified atom stereocenters. The first-order chi connectivity index (χ1) is 11.7. The number of piperidine rings is 1. The highest BCUT2D eigenvalue weighted by Gasteiger charge is 2.37. The number of alkyl halides is 3. The average Bonchev–Trinajstić information content (AvgIpc) is 3.00. The molecule has 25 heavy (non-hydrogen) atoms. The van der Waals surface area contributed by atoms with E-state index in [0.29, 0.717) is 18.7 Å². The molecule has 1 aliphatic heterocycles. The van der Waals surface area contributed by atoms with E-state index >= 15 is 0 Å². The van der Waals surface area contributed by atoms with Crippen LogP contribution in [0.2, 0.25) is 0 Å². The number of hydrogen-bond donors (Lipinski definition) is 0. The van der Waals surface area contributed by atoms with Crippen LogP contribution in [0.3, 0.4) is 0 Å². The van der Waals surface area contributed by atoms with Gasteiger partial charge in [-0.3, -0.25) is 0 Å². The van der Waals surface area contributed by atoms with Gasteiger partial charge in [-0.2, -0.15) is 22.5 Å². The fourth-order valence-electron chi connectivity index (χ4n) is 2.85. The highest BCUT2D eigenvalue weighted by molar-refractivity contribution is 7.89. The lowest BCUT2D eigenvalue weighted by molar-refractivity contribution is -0.137. The van der Waals surface area contributed by atoms with Gasteiger partial charge in [-0.05, 0) is 37.1 Å². The number of rotatable bonds is 3. The molecule has 0 amide bonds. The summed E-state index contributed by atoms with van der Waals surface area (Å²) in [5.74, 6) is 0.597. The molecule has 0 aliphatic carbocycles. The molecule has 3 rings (SSSR count). The van der Waals surface area contributed by atoms with E-state index in [2.05, 4.69) is 10.1 Å². The van der Waals surface area contributed by atoms with Crippen LogP contribution in [0, 0.1) is 6.92 Å². The van der Waals surface area contributed by atoms with Crippen LogP contribution < -0.4 is 0 Å². The summed E-state index contributed by atoms with van der Waals surface area (Å²) in [6, 6.07) is 2.91. The number of sulfonamides is 1. The highest BCUT2D eigenvalue weighted by Crippen LogP contribution is 2.35. The van der Waals surface area contributed by atoms with Gasteiger partial charge in [0, 0.05) is 13.5 Å². The van der Waals surface area contributed by atoms with Crippen LogP contribution in [-0.4, -0.2) is 29.4 Å². The van der Waals surface area contributed by atoms with Crippen molar-refractivity contribution in [3.63, 3.8) is 0 Å². The monoisotopic (exact) mass is 375 g/mol. The molecule has 2 aromatic rings. The third-order valence-corrected chi connectivity index (χ3v) is 6.01. The van der Waals surface area contributed by atoms with Crippen LogP contribution in [0.1, 0.15) is 42.6 Å². The van der Waals surface area contributed by atoms with Crippen LogP contribution in [0.5, 0.6) is 0 Å². The van der Waals surface area contributed by atoms with Crippen molar-refractivity contribution in [2.45, 2.75) is 43.3 Å². The molecule has 0 spiro atoms. The second-order valence-electron chi connectivity index (χ2n) is 5.82. The van der Waals surface area contributed by atoms with Gasteiger partial charge in [-0.15, -0.1) is 0 Å². The van der Waals surface area contributed by atoms with E-state index in [1.165, 1.54) is 4.31 Å². The normalized spacial score (nSPS) is 19.9. The van der Waals surface area contributed by atoms with Crippen molar-refractivity contribution >= 4 is 10.0 Å². The number of nitrogens with zero attached hydrogens (tertiary/aromatic N) is 3. The Hall–Kier alpha value is -1.94. The van der Waals surface area contributed by atoms with Crippen molar-refractivity contribution in [1.82, 2.24) is 14.4 Å². The Morgan fingerprint density at radius 3 is 2.44 bits per heavy atom. The summed E-state index contributed by atoms with van der Waals surface area (Å²) in [4.78, 5) is 3.92. The van der Waals surface area contributed by atoms with Crippen LogP contribution in [0.4, 0.5) is 13.2 Å². The number of aromatic nitrogens is 2. The first-order valence-corrected chi connectivity index (χ1v) is 9.13. The molecule has 136 valence electrons. The van der Waals surface area contributed by atoms with Crippen LogP contribution >= 0.6 is 0 Å². The third kappa shape index (κ3) is 3.54. The standard InChI is InChI=1S/C15H16F3N3O3S/c1-10-19-14(20-24-10)13-4-2-3-9-21(13)25(22,23)12-7-5-11(6-8-12)15(16,17)18/h5-8,13H,2-4,9H2,1H3. The quantitative estimate of drug-likeness (QED) is 0.823. The molecular formula is C15H16F3N3O3S. The van der Waals surface area contributed by atoms with Gasteiger partial charge in [0.05, 0.1) is 16.5 Å². The predicted molar refractivity (Wildman–Crippen MR) is 81.0 cm³/mol. The molecule has 1 fully saturated rings. The van der Waals surface area contributed by atoms with E-state index in [1.54, 1.807) is 6.92 Å². The zero-order valence-electron chi connectivity index (χ0n) is 13.3. The predicted octanol–water partition coefficient (Wildman–Crippen LogP) is 3.31. The molecule has 2 heterocycles. The lowest BCUT2D eigenvalue weighted by Gasteiger charge is -2.32. The Bertz CT molecular complexity index is 847. The van der Waals surface area contributed by atoms with Gasteiger partial charge in [0.1, 0.15) is 0 Å². The maximum atomic E-state index is 12.9. The number of aryl methyl sites for hydroxylation is 1. The summed E-state index contributed by atoms with van der Waals surface area (Å²) < 4.78 is 70.0. The molecule has 1 aromatic carbocycles. The van der Waals surface area contributed by atoms with Gasteiger partial charge in [0.2, 0.25) is 15.9 Å². The molecule has 6 nitrogen and oxygen atoms in total. The Balaban J connectivity index is 1.94. The molecule has 1 saturated heterocycles. The Labute approximate surface area is 142 Å². The molecule has 0 radical (unpaired) electrons. The number of benzene rings is 1. The minimum atomic E-state index is -4.52. The van der Waals surface area contributed by atoms with E-state index in [4.69, 9.17) is 4.52 Å². The van der Waals surface area contributed by atoms with Crippen molar-refractivity contribution in [2.24, 2.45) is 0 Å². The molecule has 1 atom stereocenters. The van der Waals surface area contributed by atoms with Crippen LogP contribution in [0.15, 0.2) is 33.7 Å². The third-order valence-electron chi connectivity index (χ3n) is 4.08.